The minimum absolute atomic E-state index is 0.0468. The molecule has 0 spiro atoms. The molecule has 0 saturated carbocycles. The second kappa shape index (κ2) is 7.83. The quantitative estimate of drug-likeness (QED) is 0.880. The normalized spacial score (nSPS) is 10.9. The Balaban J connectivity index is 2.27. The molecule has 0 atom stereocenters. The number of halogens is 2. The van der Waals surface area contributed by atoms with Gasteiger partial charge in [0.1, 0.15) is 17.4 Å². The summed E-state index contributed by atoms with van der Waals surface area (Å²) < 4.78 is 26.9. The van der Waals surface area contributed by atoms with Crippen LogP contribution in [0.2, 0.25) is 0 Å². The van der Waals surface area contributed by atoms with Gasteiger partial charge in [-0.05, 0) is 32.3 Å². The molecule has 1 aromatic heterocycles. The predicted molar refractivity (Wildman–Crippen MR) is 85.6 cm³/mol. The number of likely N-dealkylation sites (N-methyl/N-ethyl adjacent to an activating group) is 1. The maximum absolute atomic E-state index is 13.9. The van der Waals surface area contributed by atoms with Crippen molar-refractivity contribution in [2.75, 3.05) is 27.2 Å². The van der Waals surface area contributed by atoms with Gasteiger partial charge in [0.2, 0.25) is 0 Å². The minimum atomic E-state index is -0.720. The van der Waals surface area contributed by atoms with Crippen LogP contribution in [-0.2, 0) is 6.54 Å². The van der Waals surface area contributed by atoms with Gasteiger partial charge >= 0.3 is 0 Å². The molecule has 1 aromatic carbocycles. The van der Waals surface area contributed by atoms with E-state index in [1.54, 1.807) is 0 Å². The largest absolute Gasteiger partial charge is 0.505 e. The smallest absolute Gasteiger partial charge is 0.276 e. The first-order chi connectivity index (χ1) is 11.4. The Bertz CT molecular complexity index is 723. The van der Waals surface area contributed by atoms with Gasteiger partial charge in [-0.3, -0.25) is 4.79 Å². The number of hydrogen-bond donors (Lipinski definition) is 1. The van der Waals surface area contributed by atoms with Crippen LogP contribution in [0.25, 0.3) is 0 Å². The van der Waals surface area contributed by atoms with Crippen molar-refractivity contribution in [1.29, 1.82) is 0 Å². The number of benzene rings is 1. The second-order valence-electron chi connectivity index (χ2n) is 5.64. The van der Waals surface area contributed by atoms with Crippen LogP contribution in [0.4, 0.5) is 8.78 Å². The Morgan fingerprint density at radius 3 is 2.58 bits per heavy atom. The van der Waals surface area contributed by atoms with Crippen LogP contribution >= 0.6 is 0 Å². The van der Waals surface area contributed by atoms with Crippen molar-refractivity contribution >= 4 is 5.91 Å². The first-order valence-corrected chi connectivity index (χ1v) is 7.40. The number of carbonyl (C=O) groups is 1. The van der Waals surface area contributed by atoms with Crippen LogP contribution in [0.5, 0.6) is 5.75 Å². The Morgan fingerprint density at radius 2 is 1.96 bits per heavy atom. The van der Waals surface area contributed by atoms with E-state index in [2.05, 4.69) is 4.98 Å². The molecule has 5 nitrogen and oxygen atoms in total. The molecular weight excluding hydrogens is 316 g/mol. The summed E-state index contributed by atoms with van der Waals surface area (Å²) in [5.74, 6) is -2.15. The molecular formula is C17H19F2N3O2. The molecule has 0 aliphatic heterocycles. The standard InChI is InChI=1S/C17H19F2N3O2/c1-21(2)8-9-22(11-12-5-6-13(18)10-14(12)19)17(24)16-15(23)4-3-7-20-16/h3-7,10,23H,8-9,11H2,1-2H3. The third-order valence-electron chi connectivity index (χ3n) is 3.47. The minimum Gasteiger partial charge on any atom is -0.505 e. The molecule has 0 bridgehead atoms. The molecule has 0 unspecified atom stereocenters. The Kier molecular flexibility index (Phi) is 5.81. The van der Waals surface area contributed by atoms with Crippen molar-refractivity contribution in [2.45, 2.75) is 6.54 Å². The highest BCUT2D eigenvalue weighted by Crippen LogP contribution is 2.18. The average molecular weight is 335 g/mol. The lowest BCUT2D eigenvalue weighted by molar-refractivity contribution is 0.0721. The van der Waals surface area contributed by atoms with E-state index in [-0.39, 0.29) is 23.6 Å². The van der Waals surface area contributed by atoms with Gasteiger partial charge in [0.05, 0.1) is 0 Å². The lowest BCUT2D eigenvalue weighted by atomic mass is 10.1. The first-order valence-electron chi connectivity index (χ1n) is 7.40. The number of aromatic nitrogens is 1. The van der Waals surface area contributed by atoms with Crippen molar-refractivity contribution in [1.82, 2.24) is 14.8 Å². The summed E-state index contributed by atoms with van der Waals surface area (Å²) in [4.78, 5) is 19.8. The lowest BCUT2D eigenvalue weighted by Gasteiger charge is -2.24. The second-order valence-corrected chi connectivity index (χ2v) is 5.64. The molecule has 0 saturated heterocycles. The fraction of sp³-hybridized carbons (Fsp3) is 0.294. The van der Waals surface area contributed by atoms with E-state index in [4.69, 9.17) is 0 Å². The number of pyridine rings is 1. The van der Waals surface area contributed by atoms with E-state index in [9.17, 15) is 18.7 Å². The number of hydrogen-bond acceptors (Lipinski definition) is 4. The number of carbonyl (C=O) groups excluding carboxylic acids is 1. The van der Waals surface area contributed by atoms with E-state index < -0.39 is 17.5 Å². The van der Waals surface area contributed by atoms with Crippen molar-refractivity contribution in [3.05, 3.63) is 59.4 Å². The average Bonchev–Trinajstić information content (AvgIpc) is 2.53. The fourth-order valence-electron chi connectivity index (χ4n) is 2.14. The summed E-state index contributed by atoms with van der Waals surface area (Å²) in [6.07, 6.45) is 1.40. The van der Waals surface area contributed by atoms with Crippen LogP contribution in [0.3, 0.4) is 0 Å². The molecule has 0 aliphatic carbocycles. The molecule has 2 aromatic rings. The van der Waals surface area contributed by atoms with Crippen molar-refractivity contribution in [2.24, 2.45) is 0 Å². The van der Waals surface area contributed by atoms with Gasteiger partial charge in [0.25, 0.3) is 5.91 Å². The van der Waals surface area contributed by atoms with Gasteiger partial charge in [0, 0.05) is 37.5 Å². The van der Waals surface area contributed by atoms with Gasteiger partial charge in [-0.1, -0.05) is 6.07 Å². The predicted octanol–water partition coefficient (Wildman–Crippen LogP) is 2.27. The zero-order chi connectivity index (χ0) is 17.7. The van der Waals surface area contributed by atoms with Crippen molar-refractivity contribution < 1.29 is 18.7 Å². The summed E-state index contributed by atoms with van der Waals surface area (Å²) >= 11 is 0. The zero-order valence-electron chi connectivity index (χ0n) is 13.5. The van der Waals surface area contributed by atoms with E-state index in [1.807, 2.05) is 19.0 Å². The van der Waals surface area contributed by atoms with Crippen LogP contribution in [0.1, 0.15) is 16.1 Å². The third-order valence-corrected chi connectivity index (χ3v) is 3.47. The molecule has 0 radical (unpaired) electrons. The molecule has 1 N–H and O–H groups in total. The fourth-order valence-corrected chi connectivity index (χ4v) is 2.14. The summed E-state index contributed by atoms with van der Waals surface area (Å²) in [5.41, 5.74) is 0.0951. The molecule has 7 heteroatoms. The van der Waals surface area contributed by atoms with Crippen LogP contribution < -0.4 is 0 Å². The summed E-state index contributed by atoms with van der Waals surface area (Å²) in [7, 11) is 3.69. The third kappa shape index (κ3) is 4.48. The van der Waals surface area contributed by atoms with E-state index in [0.717, 1.165) is 12.1 Å². The van der Waals surface area contributed by atoms with Crippen molar-refractivity contribution in [3.8, 4) is 5.75 Å². The molecule has 0 aliphatic rings. The molecule has 1 heterocycles. The van der Waals surface area contributed by atoms with E-state index in [0.29, 0.717) is 13.1 Å². The Morgan fingerprint density at radius 1 is 1.21 bits per heavy atom. The SMILES string of the molecule is CN(C)CCN(Cc1ccc(F)cc1F)C(=O)c1ncccc1O. The number of aromatic hydroxyl groups is 1. The topological polar surface area (TPSA) is 56.7 Å². The summed E-state index contributed by atoms with van der Waals surface area (Å²) in [6, 6.07) is 6.10. The Hall–Kier alpha value is -2.54. The Labute approximate surface area is 139 Å². The first kappa shape index (κ1) is 17.8. The van der Waals surface area contributed by atoms with Gasteiger partial charge in [-0.2, -0.15) is 0 Å². The maximum Gasteiger partial charge on any atom is 0.276 e. The van der Waals surface area contributed by atoms with Crippen LogP contribution in [0.15, 0.2) is 36.5 Å². The lowest BCUT2D eigenvalue weighted by Crippen LogP contribution is -2.37. The summed E-state index contributed by atoms with van der Waals surface area (Å²) in [6.45, 7) is 0.801. The molecule has 128 valence electrons. The molecule has 2 rings (SSSR count). The van der Waals surface area contributed by atoms with Gasteiger partial charge < -0.3 is 14.9 Å². The molecule has 0 fully saturated rings. The van der Waals surface area contributed by atoms with Gasteiger partial charge in [-0.25, -0.2) is 13.8 Å². The van der Waals surface area contributed by atoms with E-state index >= 15 is 0 Å². The highest BCUT2D eigenvalue weighted by atomic mass is 19.1. The highest BCUT2D eigenvalue weighted by molar-refractivity contribution is 5.94. The molecule has 24 heavy (non-hydrogen) atoms. The van der Waals surface area contributed by atoms with Crippen molar-refractivity contribution in [3.63, 3.8) is 0 Å². The zero-order valence-corrected chi connectivity index (χ0v) is 13.5. The van der Waals surface area contributed by atoms with Gasteiger partial charge in [0.15, 0.2) is 5.69 Å². The maximum atomic E-state index is 13.9. The number of amides is 1. The number of nitrogens with zero attached hydrogens (tertiary/aromatic N) is 3. The monoisotopic (exact) mass is 335 g/mol. The van der Waals surface area contributed by atoms with E-state index in [1.165, 1.54) is 29.3 Å². The van der Waals surface area contributed by atoms with Crippen LogP contribution in [0, 0.1) is 11.6 Å². The summed E-state index contributed by atoms with van der Waals surface area (Å²) in [5, 5.41) is 9.82. The highest BCUT2D eigenvalue weighted by Gasteiger charge is 2.21. The van der Waals surface area contributed by atoms with Gasteiger partial charge in [-0.15, -0.1) is 0 Å². The van der Waals surface area contributed by atoms with Crippen LogP contribution in [-0.4, -0.2) is 53.0 Å². The number of rotatable bonds is 6. The molecule has 1 amide bonds.